The Morgan fingerprint density at radius 2 is 0.893 bits per heavy atom. The number of unbranched alkanes of at least 4 members (excludes halogenated alkanes) is 2. The molecule has 3 rings (SSSR count). The molecule has 2 nitrogen and oxygen atoms in total. The third-order valence-corrected chi connectivity index (χ3v) is 5.39. The van der Waals surface area contributed by atoms with Gasteiger partial charge in [-0.15, -0.1) is 0 Å². The SMILES string of the molecule is CCCCc1ccc(-c2c(N)ccc(N)c2-c2ccc(CCCC)cc2)cc1. The smallest absolute Gasteiger partial charge is 0.0401 e. The van der Waals surface area contributed by atoms with E-state index in [1.807, 2.05) is 12.1 Å². The molecule has 0 heterocycles. The van der Waals surface area contributed by atoms with Crippen molar-refractivity contribution in [2.45, 2.75) is 52.4 Å². The van der Waals surface area contributed by atoms with Gasteiger partial charge in [0.1, 0.15) is 0 Å². The highest BCUT2D eigenvalue weighted by atomic mass is 14.6. The minimum absolute atomic E-state index is 0.764. The summed E-state index contributed by atoms with van der Waals surface area (Å²) in [5.41, 5.74) is 21.4. The van der Waals surface area contributed by atoms with Crippen LogP contribution >= 0.6 is 0 Å². The van der Waals surface area contributed by atoms with Crippen LogP contribution in [0.3, 0.4) is 0 Å². The van der Waals surface area contributed by atoms with Crippen LogP contribution in [0.25, 0.3) is 22.3 Å². The first kappa shape index (κ1) is 20.0. The third kappa shape index (κ3) is 4.56. The molecule has 0 radical (unpaired) electrons. The monoisotopic (exact) mass is 372 g/mol. The van der Waals surface area contributed by atoms with Crippen LogP contribution in [0.1, 0.15) is 50.7 Å². The van der Waals surface area contributed by atoms with E-state index in [1.165, 1.54) is 36.8 Å². The van der Waals surface area contributed by atoms with Crippen molar-refractivity contribution in [2.24, 2.45) is 0 Å². The average Bonchev–Trinajstić information content (AvgIpc) is 2.73. The van der Waals surface area contributed by atoms with Crippen molar-refractivity contribution in [3.8, 4) is 22.3 Å². The summed E-state index contributed by atoms with van der Waals surface area (Å²) in [5.74, 6) is 0. The van der Waals surface area contributed by atoms with Gasteiger partial charge in [0.05, 0.1) is 0 Å². The summed E-state index contributed by atoms with van der Waals surface area (Å²) in [6, 6.07) is 21.4. The second-order valence-electron chi connectivity index (χ2n) is 7.59. The molecular weight excluding hydrogens is 340 g/mol. The lowest BCUT2D eigenvalue weighted by atomic mass is 9.90. The van der Waals surface area contributed by atoms with Gasteiger partial charge in [0.15, 0.2) is 0 Å². The van der Waals surface area contributed by atoms with Crippen molar-refractivity contribution in [1.82, 2.24) is 0 Å². The second-order valence-corrected chi connectivity index (χ2v) is 7.59. The molecule has 0 aliphatic carbocycles. The summed E-state index contributed by atoms with van der Waals surface area (Å²) in [6.45, 7) is 4.45. The lowest BCUT2D eigenvalue weighted by Crippen LogP contribution is -1.99. The van der Waals surface area contributed by atoms with Crippen LogP contribution in [0.5, 0.6) is 0 Å². The fraction of sp³-hybridized carbons (Fsp3) is 0.308. The first-order valence-corrected chi connectivity index (χ1v) is 10.5. The molecule has 0 atom stereocenters. The number of rotatable bonds is 8. The Balaban J connectivity index is 1.99. The Morgan fingerprint density at radius 3 is 1.21 bits per heavy atom. The lowest BCUT2D eigenvalue weighted by Gasteiger charge is -2.16. The summed E-state index contributed by atoms with van der Waals surface area (Å²) in [7, 11) is 0. The van der Waals surface area contributed by atoms with E-state index >= 15 is 0 Å². The van der Waals surface area contributed by atoms with Gasteiger partial charge in [-0.05, 0) is 60.1 Å². The molecule has 0 bridgehead atoms. The number of nitrogens with two attached hydrogens (primary N) is 2. The highest BCUT2D eigenvalue weighted by Crippen LogP contribution is 2.40. The van der Waals surface area contributed by atoms with E-state index in [0.29, 0.717) is 0 Å². The Kier molecular flexibility index (Phi) is 6.76. The van der Waals surface area contributed by atoms with Crippen molar-refractivity contribution >= 4 is 11.4 Å². The number of hydrogen-bond acceptors (Lipinski definition) is 2. The predicted molar refractivity (Wildman–Crippen MR) is 123 cm³/mol. The molecule has 4 N–H and O–H groups in total. The molecule has 0 saturated heterocycles. The molecule has 146 valence electrons. The molecule has 0 aliphatic heterocycles. The van der Waals surface area contributed by atoms with Gasteiger partial charge in [-0.25, -0.2) is 0 Å². The molecule has 0 aromatic heterocycles. The number of nitrogen functional groups attached to an aromatic ring is 2. The summed E-state index contributed by atoms with van der Waals surface area (Å²) in [4.78, 5) is 0. The molecule has 0 saturated carbocycles. The molecule has 0 amide bonds. The molecule has 0 fully saturated rings. The van der Waals surface area contributed by atoms with E-state index in [4.69, 9.17) is 11.5 Å². The zero-order valence-electron chi connectivity index (χ0n) is 17.2. The Morgan fingerprint density at radius 1 is 0.536 bits per heavy atom. The molecule has 28 heavy (non-hydrogen) atoms. The number of hydrogen-bond donors (Lipinski definition) is 2. The highest BCUT2D eigenvalue weighted by molar-refractivity contribution is 5.97. The van der Waals surface area contributed by atoms with Crippen molar-refractivity contribution in [3.05, 3.63) is 71.8 Å². The summed E-state index contributed by atoms with van der Waals surface area (Å²) in [5, 5.41) is 0. The maximum absolute atomic E-state index is 6.42. The van der Waals surface area contributed by atoms with Crippen LogP contribution in [0, 0.1) is 0 Å². The zero-order valence-corrected chi connectivity index (χ0v) is 17.2. The first-order valence-electron chi connectivity index (χ1n) is 10.5. The minimum atomic E-state index is 0.764. The minimum Gasteiger partial charge on any atom is -0.398 e. The van der Waals surface area contributed by atoms with E-state index in [2.05, 4.69) is 62.4 Å². The molecule has 0 unspecified atom stereocenters. The maximum atomic E-state index is 6.42. The zero-order chi connectivity index (χ0) is 19.9. The quantitative estimate of drug-likeness (QED) is 0.424. The van der Waals surface area contributed by atoms with Crippen molar-refractivity contribution in [1.29, 1.82) is 0 Å². The van der Waals surface area contributed by atoms with Crippen LogP contribution in [0.4, 0.5) is 11.4 Å². The fourth-order valence-corrected chi connectivity index (χ4v) is 3.69. The van der Waals surface area contributed by atoms with Gasteiger partial charge in [-0.2, -0.15) is 0 Å². The Hall–Kier alpha value is -2.74. The van der Waals surface area contributed by atoms with Crippen LogP contribution < -0.4 is 11.5 Å². The van der Waals surface area contributed by atoms with E-state index in [0.717, 1.165) is 46.5 Å². The predicted octanol–water partition coefficient (Wildman–Crippen LogP) is 6.87. The number of benzene rings is 3. The van der Waals surface area contributed by atoms with Gasteiger partial charge < -0.3 is 11.5 Å². The van der Waals surface area contributed by atoms with Gasteiger partial charge in [0.25, 0.3) is 0 Å². The van der Waals surface area contributed by atoms with Gasteiger partial charge in [-0.3, -0.25) is 0 Å². The van der Waals surface area contributed by atoms with Crippen molar-refractivity contribution in [2.75, 3.05) is 11.5 Å². The molecular formula is C26H32N2. The second kappa shape index (κ2) is 9.45. The van der Waals surface area contributed by atoms with Gasteiger partial charge >= 0.3 is 0 Å². The molecule has 0 spiro atoms. The highest BCUT2D eigenvalue weighted by Gasteiger charge is 2.14. The van der Waals surface area contributed by atoms with Crippen molar-refractivity contribution < 1.29 is 0 Å². The van der Waals surface area contributed by atoms with E-state index in [-0.39, 0.29) is 0 Å². The Labute approximate surface area is 169 Å². The molecule has 0 aliphatic rings. The standard InChI is InChI=1S/C26H32N2/c1-3-5-7-19-9-13-21(14-10-19)25-23(27)17-18-24(28)26(25)22-15-11-20(12-16-22)8-6-4-2/h9-18H,3-8,27-28H2,1-2H3. The van der Waals surface area contributed by atoms with Gasteiger partial charge in [0.2, 0.25) is 0 Å². The van der Waals surface area contributed by atoms with Gasteiger partial charge in [0, 0.05) is 22.5 Å². The van der Waals surface area contributed by atoms with Crippen LogP contribution in [-0.4, -0.2) is 0 Å². The number of anilines is 2. The van der Waals surface area contributed by atoms with E-state index in [9.17, 15) is 0 Å². The summed E-state index contributed by atoms with van der Waals surface area (Å²) >= 11 is 0. The normalized spacial score (nSPS) is 10.9. The van der Waals surface area contributed by atoms with E-state index in [1.54, 1.807) is 0 Å². The van der Waals surface area contributed by atoms with Crippen LogP contribution in [0.2, 0.25) is 0 Å². The van der Waals surface area contributed by atoms with E-state index < -0.39 is 0 Å². The van der Waals surface area contributed by atoms with Crippen LogP contribution in [0.15, 0.2) is 60.7 Å². The van der Waals surface area contributed by atoms with Gasteiger partial charge in [-0.1, -0.05) is 75.2 Å². The fourth-order valence-electron chi connectivity index (χ4n) is 3.69. The lowest BCUT2D eigenvalue weighted by molar-refractivity contribution is 0.795. The number of aryl methyl sites for hydroxylation is 2. The topological polar surface area (TPSA) is 52.0 Å². The first-order chi connectivity index (χ1) is 13.6. The molecule has 3 aromatic carbocycles. The molecule has 3 aromatic rings. The average molecular weight is 373 g/mol. The Bertz CT molecular complexity index is 816. The third-order valence-electron chi connectivity index (χ3n) is 5.39. The summed E-state index contributed by atoms with van der Waals surface area (Å²) in [6.07, 6.45) is 7.10. The summed E-state index contributed by atoms with van der Waals surface area (Å²) < 4.78 is 0. The van der Waals surface area contributed by atoms with Crippen LogP contribution in [-0.2, 0) is 12.8 Å². The maximum Gasteiger partial charge on any atom is 0.0401 e. The largest absolute Gasteiger partial charge is 0.398 e. The molecule has 2 heteroatoms. The van der Waals surface area contributed by atoms with Crippen molar-refractivity contribution in [3.63, 3.8) is 0 Å².